The van der Waals surface area contributed by atoms with Crippen molar-refractivity contribution in [3.63, 3.8) is 0 Å². The summed E-state index contributed by atoms with van der Waals surface area (Å²) in [4.78, 5) is 25.5. The lowest BCUT2D eigenvalue weighted by molar-refractivity contribution is -0.153. The minimum Gasteiger partial charge on any atom is -0.464 e. The molecule has 96 valence electrons. The van der Waals surface area contributed by atoms with Crippen LogP contribution in [0.4, 0.5) is 0 Å². The average Bonchev–Trinajstić information content (AvgIpc) is 2.78. The molecular weight excluding hydrogens is 230 g/mol. The van der Waals surface area contributed by atoms with Crippen molar-refractivity contribution in [2.24, 2.45) is 0 Å². The Bertz CT molecular complexity index is 430. The molecule has 18 heavy (non-hydrogen) atoms. The fraction of sp³-hybridized carbons (Fsp3) is 0.429. The van der Waals surface area contributed by atoms with Crippen LogP contribution in [0.15, 0.2) is 30.3 Å². The highest BCUT2D eigenvalue weighted by Gasteiger charge is 2.34. The molecule has 1 fully saturated rings. The Morgan fingerprint density at radius 3 is 2.67 bits per heavy atom. The van der Waals surface area contributed by atoms with Crippen LogP contribution in [0.5, 0.6) is 0 Å². The molecule has 1 amide bonds. The lowest BCUT2D eigenvalue weighted by atomic mass is 10.1. The predicted octanol–water partition coefficient (Wildman–Crippen LogP) is 1.91. The van der Waals surface area contributed by atoms with E-state index in [-0.39, 0.29) is 11.9 Å². The largest absolute Gasteiger partial charge is 0.464 e. The van der Waals surface area contributed by atoms with Crippen molar-refractivity contribution in [3.8, 4) is 0 Å². The molecule has 0 radical (unpaired) electrons. The molecular formula is C14H17NO3. The molecule has 0 aromatic heterocycles. The van der Waals surface area contributed by atoms with E-state index in [2.05, 4.69) is 0 Å². The summed E-state index contributed by atoms with van der Waals surface area (Å²) in [6, 6.07) is 8.73. The van der Waals surface area contributed by atoms with Crippen LogP contribution in [0.3, 0.4) is 0 Å². The summed E-state index contributed by atoms with van der Waals surface area (Å²) in [5, 5.41) is 0. The van der Waals surface area contributed by atoms with Crippen molar-refractivity contribution in [1.29, 1.82) is 0 Å². The van der Waals surface area contributed by atoms with Gasteiger partial charge in [0.25, 0.3) is 0 Å². The molecule has 0 saturated carbocycles. The molecule has 1 heterocycles. The van der Waals surface area contributed by atoms with E-state index < -0.39 is 6.04 Å². The van der Waals surface area contributed by atoms with Crippen LogP contribution in [0.25, 0.3) is 0 Å². The van der Waals surface area contributed by atoms with Crippen molar-refractivity contribution in [2.45, 2.75) is 25.8 Å². The van der Waals surface area contributed by atoms with E-state index in [9.17, 15) is 9.59 Å². The van der Waals surface area contributed by atoms with Gasteiger partial charge in [-0.05, 0) is 18.9 Å². The number of likely N-dealkylation sites (tertiary alicyclic amines) is 1. The van der Waals surface area contributed by atoms with E-state index >= 15 is 0 Å². The highest BCUT2D eigenvalue weighted by molar-refractivity contribution is 5.86. The molecule has 1 atom stereocenters. The van der Waals surface area contributed by atoms with Gasteiger partial charge in [-0.15, -0.1) is 0 Å². The molecule has 0 spiro atoms. The summed E-state index contributed by atoms with van der Waals surface area (Å²) in [5.74, 6) is -0.323. The summed E-state index contributed by atoms with van der Waals surface area (Å²) in [6.45, 7) is 2.72. The number of benzene rings is 1. The molecule has 0 bridgehead atoms. The van der Waals surface area contributed by atoms with Crippen molar-refractivity contribution in [3.05, 3.63) is 35.9 Å². The molecule has 1 aromatic rings. The Balaban J connectivity index is 2.28. The van der Waals surface area contributed by atoms with Gasteiger partial charge in [-0.3, -0.25) is 4.79 Å². The number of rotatable bonds is 4. The summed E-state index contributed by atoms with van der Waals surface area (Å²) in [6.07, 6.45) is 1.32. The van der Waals surface area contributed by atoms with E-state index in [1.807, 2.05) is 30.3 Å². The Labute approximate surface area is 107 Å². The molecule has 1 aliphatic heterocycles. The molecule has 4 nitrogen and oxygen atoms in total. The first-order valence-electron chi connectivity index (χ1n) is 6.25. The van der Waals surface area contributed by atoms with Gasteiger partial charge in [0.2, 0.25) is 5.91 Å². The van der Waals surface area contributed by atoms with Crippen molar-refractivity contribution >= 4 is 11.9 Å². The summed E-state index contributed by atoms with van der Waals surface area (Å²) in [5.41, 5.74) is 0.811. The first-order chi connectivity index (χ1) is 8.74. The highest BCUT2D eigenvalue weighted by Crippen LogP contribution is 2.27. The quantitative estimate of drug-likeness (QED) is 0.764. The van der Waals surface area contributed by atoms with Crippen molar-refractivity contribution < 1.29 is 14.3 Å². The van der Waals surface area contributed by atoms with Crippen LogP contribution in [-0.4, -0.2) is 29.9 Å². The maximum atomic E-state index is 12.1. The van der Waals surface area contributed by atoms with Gasteiger partial charge in [-0.25, -0.2) is 4.79 Å². The van der Waals surface area contributed by atoms with Crippen LogP contribution >= 0.6 is 0 Å². The first-order valence-corrected chi connectivity index (χ1v) is 6.25. The number of nitrogens with zero attached hydrogens (tertiary/aromatic N) is 1. The number of amides is 1. The van der Waals surface area contributed by atoms with Crippen LogP contribution in [0, 0.1) is 0 Å². The van der Waals surface area contributed by atoms with Gasteiger partial charge in [0, 0.05) is 13.0 Å². The second-order valence-electron chi connectivity index (χ2n) is 4.26. The van der Waals surface area contributed by atoms with E-state index in [4.69, 9.17) is 4.74 Å². The minimum absolute atomic E-state index is 0.0249. The van der Waals surface area contributed by atoms with Gasteiger partial charge in [-0.1, -0.05) is 30.3 Å². The second kappa shape index (κ2) is 5.67. The molecule has 1 aliphatic rings. The third-order valence-electron chi connectivity index (χ3n) is 3.05. The van der Waals surface area contributed by atoms with Crippen molar-refractivity contribution in [1.82, 2.24) is 4.90 Å². The number of ether oxygens (including phenoxy) is 1. The maximum absolute atomic E-state index is 12.1. The van der Waals surface area contributed by atoms with Gasteiger partial charge in [0.05, 0.1) is 6.61 Å². The third kappa shape index (κ3) is 2.53. The molecule has 2 rings (SSSR count). The molecule has 1 saturated heterocycles. The van der Waals surface area contributed by atoms with Crippen LogP contribution in [0.2, 0.25) is 0 Å². The Morgan fingerprint density at radius 1 is 1.39 bits per heavy atom. The summed E-state index contributed by atoms with van der Waals surface area (Å²) in [7, 11) is 0. The van der Waals surface area contributed by atoms with Gasteiger partial charge in [0.1, 0.15) is 0 Å². The molecule has 0 unspecified atom stereocenters. The van der Waals surface area contributed by atoms with Crippen LogP contribution < -0.4 is 0 Å². The normalized spacial score (nSPS) is 16.7. The van der Waals surface area contributed by atoms with Gasteiger partial charge in [-0.2, -0.15) is 0 Å². The number of hydrogen-bond acceptors (Lipinski definition) is 3. The lowest BCUT2D eigenvalue weighted by Gasteiger charge is -2.26. The zero-order chi connectivity index (χ0) is 13.0. The summed E-state index contributed by atoms with van der Waals surface area (Å²) >= 11 is 0. The minimum atomic E-state index is -0.596. The smallest absolute Gasteiger partial charge is 0.333 e. The van der Waals surface area contributed by atoms with E-state index in [0.29, 0.717) is 19.6 Å². The predicted molar refractivity (Wildman–Crippen MR) is 66.8 cm³/mol. The van der Waals surface area contributed by atoms with E-state index in [1.54, 1.807) is 11.8 Å². The van der Waals surface area contributed by atoms with Gasteiger partial charge in [0.15, 0.2) is 6.04 Å². The lowest BCUT2D eigenvalue weighted by Crippen LogP contribution is -2.36. The van der Waals surface area contributed by atoms with Crippen molar-refractivity contribution in [2.75, 3.05) is 13.2 Å². The third-order valence-corrected chi connectivity index (χ3v) is 3.05. The Hall–Kier alpha value is -1.84. The fourth-order valence-electron chi connectivity index (χ4n) is 2.24. The zero-order valence-corrected chi connectivity index (χ0v) is 10.5. The Morgan fingerprint density at radius 2 is 2.11 bits per heavy atom. The molecule has 1 aromatic carbocycles. The topological polar surface area (TPSA) is 46.6 Å². The number of hydrogen-bond donors (Lipinski definition) is 0. The Kier molecular flexibility index (Phi) is 3.97. The van der Waals surface area contributed by atoms with Crippen LogP contribution in [-0.2, 0) is 14.3 Å². The molecule has 0 aliphatic carbocycles. The number of esters is 1. The number of carbonyl (C=O) groups is 2. The fourth-order valence-corrected chi connectivity index (χ4v) is 2.24. The summed E-state index contributed by atoms with van der Waals surface area (Å²) < 4.78 is 5.09. The highest BCUT2D eigenvalue weighted by atomic mass is 16.5. The maximum Gasteiger partial charge on any atom is 0.333 e. The molecule has 0 N–H and O–H groups in total. The van der Waals surface area contributed by atoms with Gasteiger partial charge < -0.3 is 9.64 Å². The second-order valence-corrected chi connectivity index (χ2v) is 4.26. The number of carbonyl (C=O) groups excluding carboxylic acids is 2. The monoisotopic (exact) mass is 247 g/mol. The van der Waals surface area contributed by atoms with Crippen LogP contribution in [0.1, 0.15) is 31.4 Å². The zero-order valence-electron chi connectivity index (χ0n) is 10.5. The van der Waals surface area contributed by atoms with E-state index in [0.717, 1.165) is 12.0 Å². The standard InChI is InChI=1S/C14H17NO3/c1-2-18-14(17)13(11-7-4-3-5-8-11)15-10-6-9-12(15)16/h3-5,7-8,13H,2,6,9-10H2,1H3/t13-/m0/s1. The average molecular weight is 247 g/mol. The van der Waals surface area contributed by atoms with E-state index in [1.165, 1.54) is 0 Å². The molecule has 4 heteroatoms. The SMILES string of the molecule is CCOC(=O)[C@H](c1ccccc1)N1CCCC1=O. The van der Waals surface area contributed by atoms with Gasteiger partial charge >= 0.3 is 5.97 Å². The first kappa shape index (κ1) is 12.6.